The van der Waals surface area contributed by atoms with Crippen molar-refractivity contribution in [1.82, 2.24) is 5.06 Å². The topological polar surface area (TPSA) is 81.9 Å². The fourth-order valence-electron chi connectivity index (χ4n) is 2.36. The first-order valence-electron chi connectivity index (χ1n) is 8.21. The van der Waals surface area contributed by atoms with Crippen molar-refractivity contribution in [3.8, 4) is 5.75 Å². The average molecular weight is 354 g/mol. The molecule has 0 bridgehead atoms. The summed E-state index contributed by atoms with van der Waals surface area (Å²) >= 11 is 0. The summed E-state index contributed by atoms with van der Waals surface area (Å²) < 4.78 is 19.1. The maximum absolute atomic E-state index is 13.6. The fourth-order valence-corrected chi connectivity index (χ4v) is 2.36. The monoisotopic (exact) mass is 354 g/mol. The molecule has 0 aromatic heterocycles. The average Bonchev–Trinajstić information content (AvgIpc) is 2.53. The largest absolute Gasteiger partial charge is 0.493 e. The molecule has 1 fully saturated rings. The molecule has 2 rings (SSSR count). The van der Waals surface area contributed by atoms with Crippen LogP contribution >= 0.6 is 0 Å². The zero-order valence-electron chi connectivity index (χ0n) is 14.7. The first kappa shape index (κ1) is 19.1. The van der Waals surface area contributed by atoms with Gasteiger partial charge in [-0.25, -0.2) is 4.79 Å². The summed E-state index contributed by atoms with van der Waals surface area (Å²) in [7, 11) is 0. The molecular weight excluding hydrogens is 331 g/mol. The number of piperidine rings is 1. The number of carbonyl (C=O) groups excluding carboxylic acids is 1. The van der Waals surface area contributed by atoms with E-state index in [2.05, 4.69) is 0 Å². The van der Waals surface area contributed by atoms with Gasteiger partial charge in [-0.15, -0.1) is 5.06 Å². The zero-order chi connectivity index (χ0) is 18.6. The summed E-state index contributed by atoms with van der Waals surface area (Å²) in [6.45, 7) is 7.03. The van der Waals surface area contributed by atoms with Crippen LogP contribution in [0.25, 0.3) is 0 Å². The lowest BCUT2D eigenvalue weighted by molar-refractivity contribution is -0.387. The number of nitro benzene ring substituents is 1. The molecule has 1 heterocycles. The van der Waals surface area contributed by atoms with Crippen molar-refractivity contribution < 1.29 is 23.7 Å². The molecule has 0 radical (unpaired) electrons. The van der Waals surface area contributed by atoms with E-state index in [-0.39, 0.29) is 17.6 Å². The van der Waals surface area contributed by atoms with Gasteiger partial charge in [-0.1, -0.05) is 0 Å². The first-order chi connectivity index (χ1) is 11.7. The number of rotatable bonds is 5. The highest BCUT2D eigenvalue weighted by Crippen LogP contribution is 2.25. The maximum atomic E-state index is 13.6. The van der Waals surface area contributed by atoms with E-state index < -0.39 is 21.8 Å². The van der Waals surface area contributed by atoms with Crippen LogP contribution in [0.3, 0.4) is 0 Å². The Balaban J connectivity index is 1.78. The second-order valence-corrected chi connectivity index (χ2v) is 7.18. The van der Waals surface area contributed by atoms with Gasteiger partial charge in [-0.05, 0) is 45.6 Å². The van der Waals surface area contributed by atoms with Gasteiger partial charge in [0.25, 0.3) is 0 Å². The number of ether oxygens (including phenoxy) is 1. The van der Waals surface area contributed by atoms with Crippen LogP contribution in [0.5, 0.6) is 5.75 Å². The molecule has 7 nitrogen and oxygen atoms in total. The fraction of sp³-hybridized carbons (Fsp3) is 0.588. The number of halogens is 1. The second kappa shape index (κ2) is 7.77. The number of nitro groups is 1. The van der Waals surface area contributed by atoms with Gasteiger partial charge < -0.3 is 9.57 Å². The molecule has 1 aromatic carbocycles. The van der Waals surface area contributed by atoms with Gasteiger partial charge in [-0.3, -0.25) is 10.1 Å². The summed E-state index contributed by atoms with van der Waals surface area (Å²) in [6.07, 6.45) is 1.57. The number of carbonyl (C=O) groups is 1. The molecule has 0 spiro atoms. The number of benzene rings is 1. The van der Waals surface area contributed by atoms with Gasteiger partial charge in [0.2, 0.25) is 5.82 Å². The summed E-state index contributed by atoms with van der Waals surface area (Å²) in [4.78, 5) is 27.0. The Hall–Kier alpha value is -2.22. The summed E-state index contributed by atoms with van der Waals surface area (Å²) in [6, 6.07) is 3.51. The van der Waals surface area contributed by atoms with Crippen molar-refractivity contribution in [2.45, 2.75) is 33.6 Å². The van der Waals surface area contributed by atoms with Gasteiger partial charge in [0.05, 0.1) is 16.9 Å². The number of hydroxylamine groups is 2. The highest BCUT2D eigenvalue weighted by Gasteiger charge is 2.28. The third-order valence-corrected chi connectivity index (χ3v) is 4.00. The molecule has 8 heteroatoms. The van der Waals surface area contributed by atoms with E-state index >= 15 is 0 Å². The molecule has 0 amide bonds. The minimum absolute atomic E-state index is 0.253. The SMILES string of the molecule is CC(C)(C)C(=O)ON1CCC(COc2ccc([N+](=O)[O-])c(F)c2)CC1. The van der Waals surface area contributed by atoms with Crippen molar-refractivity contribution in [3.05, 3.63) is 34.1 Å². The molecule has 1 saturated heterocycles. The molecule has 0 aliphatic carbocycles. The van der Waals surface area contributed by atoms with Crippen LogP contribution in [0.2, 0.25) is 0 Å². The minimum Gasteiger partial charge on any atom is -0.493 e. The summed E-state index contributed by atoms with van der Waals surface area (Å²) in [5, 5.41) is 12.3. The van der Waals surface area contributed by atoms with Crippen LogP contribution in [-0.4, -0.2) is 35.7 Å². The van der Waals surface area contributed by atoms with E-state index in [0.717, 1.165) is 25.0 Å². The van der Waals surface area contributed by atoms with E-state index in [9.17, 15) is 19.3 Å². The van der Waals surface area contributed by atoms with Gasteiger partial charge in [-0.2, -0.15) is 4.39 Å². The predicted octanol–water partition coefficient (Wildman–Crippen LogP) is 3.33. The highest BCUT2D eigenvalue weighted by molar-refractivity contribution is 5.75. The lowest BCUT2D eigenvalue weighted by atomic mass is 9.97. The Bertz CT molecular complexity index is 636. The molecule has 25 heavy (non-hydrogen) atoms. The quantitative estimate of drug-likeness (QED) is 0.596. The van der Waals surface area contributed by atoms with E-state index in [0.29, 0.717) is 19.7 Å². The van der Waals surface area contributed by atoms with Crippen LogP contribution in [0, 0.1) is 27.3 Å². The lowest BCUT2D eigenvalue weighted by Crippen LogP contribution is -2.39. The predicted molar refractivity (Wildman–Crippen MR) is 88.4 cm³/mol. The van der Waals surface area contributed by atoms with E-state index in [4.69, 9.17) is 9.57 Å². The molecule has 138 valence electrons. The third-order valence-electron chi connectivity index (χ3n) is 4.00. The van der Waals surface area contributed by atoms with E-state index in [1.807, 2.05) is 0 Å². The Morgan fingerprint density at radius 2 is 2.00 bits per heavy atom. The normalized spacial score (nSPS) is 16.5. The molecule has 0 saturated carbocycles. The Labute approximate surface area is 145 Å². The smallest absolute Gasteiger partial charge is 0.330 e. The second-order valence-electron chi connectivity index (χ2n) is 7.18. The molecule has 1 aliphatic rings. The Morgan fingerprint density at radius 3 is 2.52 bits per heavy atom. The van der Waals surface area contributed by atoms with Crippen LogP contribution in [0.4, 0.5) is 10.1 Å². The maximum Gasteiger partial charge on any atom is 0.330 e. The van der Waals surface area contributed by atoms with E-state index in [1.165, 1.54) is 6.07 Å². The number of hydrogen-bond acceptors (Lipinski definition) is 6. The molecule has 0 unspecified atom stereocenters. The molecular formula is C17H23FN2O5. The first-order valence-corrected chi connectivity index (χ1v) is 8.21. The molecule has 1 aromatic rings. The Kier molecular flexibility index (Phi) is 5.94. The number of nitrogens with zero attached hydrogens (tertiary/aromatic N) is 2. The van der Waals surface area contributed by atoms with Crippen LogP contribution in [0.15, 0.2) is 18.2 Å². The third kappa shape index (κ3) is 5.38. The van der Waals surface area contributed by atoms with Crippen molar-refractivity contribution in [2.24, 2.45) is 11.3 Å². The van der Waals surface area contributed by atoms with Crippen molar-refractivity contribution >= 4 is 11.7 Å². The van der Waals surface area contributed by atoms with Crippen LogP contribution < -0.4 is 4.74 Å². The molecule has 1 aliphatic heterocycles. The van der Waals surface area contributed by atoms with Gasteiger partial charge >= 0.3 is 11.7 Å². The standard InChI is InChI=1S/C17H23FN2O5/c1-17(2,3)16(21)25-19-8-6-12(7-9-19)11-24-13-4-5-15(20(22)23)14(18)10-13/h4-5,10,12H,6-9,11H2,1-3H3. The van der Waals surface area contributed by atoms with Crippen LogP contribution in [0.1, 0.15) is 33.6 Å². The summed E-state index contributed by atoms with van der Waals surface area (Å²) in [5.41, 5.74) is -1.11. The van der Waals surface area contributed by atoms with Crippen molar-refractivity contribution in [2.75, 3.05) is 19.7 Å². The van der Waals surface area contributed by atoms with Crippen molar-refractivity contribution in [1.29, 1.82) is 0 Å². The minimum atomic E-state index is -0.911. The van der Waals surface area contributed by atoms with Gasteiger partial charge in [0, 0.05) is 25.2 Å². The van der Waals surface area contributed by atoms with Crippen LogP contribution in [-0.2, 0) is 9.63 Å². The number of hydrogen-bond donors (Lipinski definition) is 0. The van der Waals surface area contributed by atoms with Crippen molar-refractivity contribution in [3.63, 3.8) is 0 Å². The summed E-state index contributed by atoms with van der Waals surface area (Å²) in [5.74, 6) is -0.650. The van der Waals surface area contributed by atoms with Gasteiger partial charge in [0.15, 0.2) is 0 Å². The highest BCUT2D eigenvalue weighted by atomic mass is 19.1. The van der Waals surface area contributed by atoms with Gasteiger partial charge in [0.1, 0.15) is 5.75 Å². The molecule has 0 atom stereocenters. The Morgan fingerprint density at radius 1 is 1.36 bits per heavy atom. The lowest BCUT2D eigenvalue weighted by Gasteiger charge is -2.32. The van der Waals surface area contributed by atoms with E-state index in [1.54, 1.807) is 25.8 Å². The zero-order valence-corrected chi connectivity index (χ0v) is 14.7. The molecule has 0 N–H and O–H groups in total.